The highest BCUT2D eigenvalue weighted by Crippen LogP contribution is 2.33. The quantitative estimate of drug-likeness (QED) is 0.598. The van der Waals surface area contributed by atoms with Gasteiger partial charge in [-0.25, -0.2) is 0 Å². The van der Waals surface area contributed by atoms with Crippen molar-refractivity contribution in [2.24, 2.45) is 0 Å². The van der Waals surface area contributed by atoms with Crippen LogP contribution in [0.1, 0.15) is 40.0 Å². The molecule has 1 saturated heterocycles. The summed E-state index contributed by atoms with van der Waals surface area (Å²) in [6.07, 6.45) is -5.01. The van der Waals surface area contributed by atoms with E-state index in [0.29, 0.717) is 34.9 Å². The molecule has 2 aliphatic rings. The molecule has 8 nitrogen and oxygen atoms in total. The van der Waals surface area contributed by atoms with E-state index >= 15 is 0 Å². The maximum atomic E-state index is 13.3. The Morgan fingerprint density at radius 3 is 2.65 bits per heavy atom. The number of ether oxygens (including phenoxy) is 2. The Bertz CT molecular complexity index is 1190. The fraction of sp³-hybridized carbons (Fsp3) is 0.400. The van der Waals surface area contributed by atoms with E-state index in [9.17, 15) is 27.6 Å². The molecule has 0 radical (unpaired) electrons. The molecular weight excluding hydrogens is 515 g/mol. The van der Waals surface area contributed by atoms with E-state index in [0.717, 1.165) is 0 Å². The van der Waals surface area contributed by atoms with Gasteiger partial charge in [0.05, 0.1) is 34.7 Å². The minimum Gasteiger partial charge on any atom is -0.490 e. The number of anilines is 1. The van der Waals surface area contributed by atoms with E-state index in [4.69, 9.17) is 21.1 Å². The third-order valence-corrected chi connectivity index (χ3v) is 6.62. The van der Waals surface area contributed by atoms with Crippen molar-refractivity contribution >= 4 is 35.0 Å². The van der Waals surface area contributed by atoms with Crippen molar-refractivity contribution in [1.82, 2.24) is 10.2 Å². The summed E-state index contributed by atoms with van der Waals surface area (Å²) in [6.45, 7) is -1.33. The summed E-state index contributed by atoms with van der Waals surface area (Å²) in [5.74, 6) is -1.24. The molecule has 3 amide bonds. The lowest BCUT2D eigenvalue weighted by molar-refractivity contribution is -0.144. The number of alkyl halides is 3. The molecule has 2 N–H and O–H groups in total. The number of amides is 3. The molecule has 0 saturated carbocycles. The molecule has 4 rings (SSSR count). The van der Waals surface area contributed by atoms with E-state index in [1.165, 1.54) is 11.0 Å². The maximum Gasteiger partial charge on any atom is 0.405 e. The number of hydrogen-bond donors (Lipinski definition) is 2. The van der Waals surface area contributed by atoms with Crippen molar-refractivity contribution in [2.45, 2.75) is 43.7 Å². The van der Waals surface area contributed by atoms with Gasteiger partial charge in [-0.1, -0.05) is 23.7 Å². The Labute approximate surface area is 216 Å². The fourth-order valence-electron chi connectivity index (χ4n) is 4.43. The van der Waals surface area contributed by atoms with Crippen LogP contribution in [0.25, 0.3) is 0 Å². The normalized spacial score (nSPS) is 21.6. The zero-order chi connectivity index (χ0) is 26.7. The van der Waals surface area contributed by atoms with Gasteiger partial charge in [-0.2, -0.15) is 13.2 Å². The van der Waals surface area contributed by atoms with Gasteiger partial charge in [0.15, 0.2) is 0 Å². The molecule has 2 heterocycles. The smallest absolute Gasteiger partial charge is 0.405 e. The van der Waals surface area contributed by atoms with Gasteiger partial charge in [0, 0.05) is 12.7 Å². The van der Waals surface area contributed by atoms with E-state index < -0.39 is 36.7 Å². The predicted molar refractivity (Wildman–Crippen MR) is 129 cm³/mol. The number of nitrogens with zero attached hydrogens (tertiary/aromatic N) is 1. The lowest BCUT2D eigenvalue weighted by atomic mass is 9.94. The van der Waals surface area contributed by atoms with Crippen LogP contribution in [0.15, 0.2) is 42.5 Å². The van der Waals surface area contributed by atoms with Crippen LogP contribution in [0.3, 0.4) is 0 Å². The molecule has 0 spiro atoms. The molecular formula is C25H25ClF3N3O5. The first-order valence-corrected chi connectivity index (χ1v) is 12.0. The summed E-state index contributed by atoms with van der Waals surface area (Å²) in [7, 11) is 1.63. The Morgan fingerprint density at radius 1 is 1.16 bits per heavy atom. The lowest BCUT2D eigenvalue weighted by Crippen LogP contribution is -2.54. The van der Waals surface area contributed by atoms with Crippen LogP contribution >= 0.6 is 11.6 Å². The van der Waals surface area contributed by atoms with E-state index in [2.05, 4.69) is 5.32 Å². The monoisotopic (exact) mass is 539 g/mol. The zero-order valence-electron chi connectivity index (χ0n) is 19.8. The number of nitrogens with one attached hydrogen (secondary N) is 2. The Morgan fingerprint density at radius 2 is 1.92 bits per heavy atom. The third-order valence-electron chi connectivity index (χ3n) is 6.29. The van der Waals surface area contributed by atoms with Gasteiger partial charge in [-0.15, -0.1) is 0 Å². The minimum absolute atomic E-state index is 0.0707. The van der Waals surface area contributed by atoms with Crippen LogP contribution in [0, 0.1) is 0 Å². The largest absolute Gasteiger partial charge is 0.490 e. The van der Waals surface area contributed by atoms with Gasteiger partial charge in [0.25, 0.3) is 11.8 Å². The molecule has 3 atom stereocenters. The van der Waals surface area contributed by atoms with Gasteiger partial charge in [-0.05, 0) is 43.2 Å². The fourth-order valence-corrected chi connectivity index (χ4v) is 4.65. The number of carbonyl (C=O) groups excluding carboxylic acids is 3. The van der Waals surface area contributed by atoms with Crippen LogP contribution in [0.5, 0.6) is 5.75 Å². The molecule has 0 aromatic heterocycles. The summed E-state index contributed by atoms with van der Waals surface area (Å²) in [5.41, 5.74) is 0.932. The van der Waals surface area contributed by atoms with Crippen LogP contribution < -0.4 is 15.4 Å². The second-order valence-corrected chi connectivity index (χ2v) is 9.32. The van der Waals surface area contributed by atoms with Gasteiger partial charge in [0.1, 0.15) is 25.0 Å². The lowest BCUT2D eigenvalue weighted by Gasteiger charge is -2.42. The highest BCUT2D eigenvalue weighted by molar-refractivity contribution is 6.34. The third kappa shape index (κ3) is 6.53. The molecule has 0 aliphatic carbocycles. The van der Waals surface area contributed by atoms with Crippen LogP contribution in [0.2, 0.25) is 5.02 Å². The molecule has 37 heavy (non-hydrogen) atoms. The molecule has 0 bridgehead atoms. The van der Waals surface area contributed by atoms with Crippen molar-refractivity contribution in [3.8, 4) is 5.75 Å². The minimum atomic E-state index is -4.49. The number of halogens is 4. The van der Waals surface area contributed by atoms with Crippen molar-refractivity contribution < 1.29 is 37.0 Å². The molecule has 0 unspecified atom stereocenters. The number of rotatable bonds is 5. The standard InChI is InChI=1S/C25H25ClF3N3O5/c1-32-19-8-7-15(11-22(33)30-13-25(27,28)29)37-21(19)12-36-20-9-6-14(10-17(20)24(32)35)31-23(34)16-4-2-3-5-18(16)26/h2-6,9-10,15,19,21H,7-8,11-13H2,1H3,(H,30,33)(H,31,34)/t15-,19-,21-/m1/s1. The van der Waals surface area contributed by atoms with Crippen molar-refractivity contribution in [1.29, 1.82) is 0 Å². The Balaban J connectivity index is 1.44. The number of hydrogen-bond acceptors (Lipinski definition) is 5. The first kappa shape index (κ1) is 26.7. The summed E-state index contributed by atoms with van der Waals surface area (Å²) in [6, 6.07) is 10.9. The zero-order valence-corrected chi connectivity index (χ0v) is 20.6. The topological polar surface area (TPSA) is 97.0 Å². The molecule has 2 aromatic rings. The molecule has 1 fully saturated rings. The highest BCUT2D eigenvalue weighted by Gasteiger charge is 2.39. The summed E-state index contributed by atoms with van der Waals surface area (Å²) >= 11 is 6.10. The van der Waals surface area contributed by atoms with Gasteiger partial charge >= 0.3 is 6.18 Å². The average molecular weight is 540 g/mol. The second-order valence-electron chi connectivity index (χ2n) is 8.91. The first-order chi connectivity index (χ1) is 17.5. The second kappa shape index (κ2) is 11.0. The van der Waals surface area contributed by atoms with Crippen LogP contribution in [0.4, 0.5) is 18.9 Å². The van der Waals surface area contributed by atoms with Crippen LogP contribution in [-0.2, 0) is 9.53 Å². The SMILES string of the molecule is CN1C(=O)c2cc(NC(=O)c3ccccc3Cl)ccc2OC[C@H]2O[C@@H](CC(=O)NCC(F)(F)F)CC[C@H]21. The molecule has 2 aromatic carbocycles. The number of benzene rings is 2. The first-order valence-electron chi connectivity index (χ1n) is 11.6. The van der Waals surface area contributed by atoms with Gasteiger partial charge in [0.2, 0.25) is 5.91 Å². The van der Waals surface area contributed by atoms with Crippen molar-refractivity contribution in [2.75, 3.05) is 25.5 Å². The number of fused-ring (bicyclic) bond motifs is 2. The van der Waals surface area contributed by atoms with E-state index in [1.54, 1.807) is 43.4 Å². The van der Waals surface area contributed by atoms with Crippen molar-refractivity contribution in [3.63, 3.8) is 0 Å². The van der Waals surface area contributed by atoms with Gasteiger partial charge in [-0.3, -0.25) is 14.4 Å². The number of carbonyl (C=O) groups is 3. The van der Waals surface area contributed by atoms with E-state index in [1.807, 2.05) is 5.32 Å². The molecule has 2 aliphatic heterocycles. The van der Waals surface area contributed by atoms with Gasteiger partial charge < -0.3 is 25.0 Å². The predicted octanol–water partition coefficient (Wildman–Crippen LogP) is 4.04. The maximum absolute atomic E-state index is 13.3. The summed E-state index contributed by atoms with van der Waals surface area (Å²) < 4.78 is 48.9. The highest BCUT2D eigenvalue weighted by atomic mass is 35.5. The summed E-state index contributed by atoms with van der Waals surface area (Å²) in [4.78, 5) is 39.4. The summed E-state index contributed by atoms with van der Waals surface area (Å²) in [5, 5.41) is 4.88. The Kier molecular flexibility index (Phi) is 7.93. The van der Waals surface area contributed by atoms with Crippen molar-refractivity contribution in [3.05, 3.63) is 58.6 Å². The number of likely N-dealkylation sites (N-methyl/N-ethyl adjacent to an activating group) is 1. The van der Waals surface area contributed by atoms with Crippen LogP contribution in [-0.4, -0.2) is 67.2 Å². The molecule has 12 heteroatoms. The average Bonchev–Trinajstić information content (AvgIpc) is 2.85. The van der Waals surface area contributed by atoms with E-state index in [-0.39, 0.29) is 30.5 Å². The molecule has 198 valence electrons. The Hall–Kier alpha value is -3.31.